The highest BCUT2D eigenvalue weighted by atomic mass is 16.5. The summed E-state index contributed by atoms with van der Waals surface area (Å²) in [5.74, 6) is 2.53. The lowest BCUT2D eigenvalue weighted by Gasteiger charge is -2.27. The summed E-state index contributed by atoms with van der Waals surface area (Å²) < 4.78 is 11.3. The van der Waals surface area contributed by atoms with Crippen LogP contribution in [0.15, 0.2) is 60.7 Å². The zero-order valence-electron chi connectivity index (χ0n) is 21.1. The van der Waals surface area contributed by atoms with E-state index in [4.69, 9.17) is 15.2 Å². The lowest BCUT2D eigenvalue weighted by Crippen LogP contribution is -2.38. The van der Waals surface area contributed by atoms with Gasteiger partial charge in [-0.25, -0.2) is 0 Å². The number of rotatable bonds is 10. The van der Waals surface area contributed by atoms with Gasteiger partial charge in [0.25, 0.3) is 0 Å². The van der Waals surface area contributed by atoms with Crippen molar-refractivity contribution in [2.45, 2.75) is 57.4 Å². The van der Waals surface area contributed by atoms with Gasteiger partial charge >= 0.3 is 0 Å². The summed E-state index contributed by atoms with van der Waals surface area (Å²) in [6.07, 6.45) is 5.08. The monoisotopic (exact) mass is 474 g/mol. The van der Waals surface area contributed by atoms with Gasteiger partial charge in [-0.05, 0) is 104 Å². The molecule has 0 fully saturated rings. The molecule has 0 radical (unpaired) electrons. The SMILES string of the molecule is COc1ccc(C2CCc3cc(O)ccc3C2)c(NCCCc2ccc(OCC(C)(C)N)cc2)c1. The van der Waals surface area contributed by atoms with Gasteiger partial charge < -0.3 is 25.6 Å². The molecule has 4 N–H and O–H groups in total. The van der Waals surface area contributed by atoms with E-state index in [-0.39, 0.29) is 5.54 Å². The topological polar surface area (TPSA) is 76.7 Å². The Labute approximate surface area is 209 Å². The molecule has 0 aliphatic heterocycles. The van der Waals surface area contributed by atoms with Gasteiger partial charge in [0.1, 0.15) is 23.9 Å². The maximum atomic E-state index is 9.81. The minimum atomic E-state index is -0.340. The highest BCUT2D eigenvalue weighted by Gasteiger charge is 2.23. The molecule has 186 valence electrons. The Hall–Kier alpha value is -3.18. The van der Waals surface area contributed by atoms with E-state index in [0.717, 1.165) is 55.8 Å². The zero-order valence-corrected chi connectivity index (χ0v) is 21.1. The van der Waals surface area contributed by atoms with E-state index in [1.807, 2.05) is 32.0 Å². The largest absolute Gasteiger partial charge is 0.508 e. The molecule has 1 atom stereocenters. The molecule has 0 amide bonds. The van der Waals surface area contributed by atoms with Crippen molar-refractivity contribution in [3.05, 3.63) is 82.9 Å². The fourth-order valence-electron chi connectivity index (χ4n) is 4.72. The number of aromatic hydroxyl groups is 1. The van der Waals surface area contributed by atoms with E-state index in [2.05, 4.69) is 41.7 Å². The fraction of sp³-hybridized carbons (Fsp3) is 0.400. The van der Waals surface area contributed by atoms with E-state index >= 15 is 0 Å². The third-order valence-electron chi connectivity index (χ3n) is 6.61. The van der Waals surface area contributed by atoms with Gasteiger partial charge in [-0.1, -0.05) is 24.3 Å². The minimum absolute atomic E-state index is 0.340. The molecular formula is C30H38N2O3. The Bertz CT molecular complexity index is 1120. The van der Waals surface area contributed by atoms with Gasteiger partial charge in [-0.15, -0.1) is 0 Å². The van der Waals surface area contributed by atoms with Gasteiger partial charge in [-0.3, -0.25) is 0 Å². The molecule has 1 aliphatic rings. The first-order valence-corrected chi connectivity index (χ1v) is 12.5. The lowest BCUT2D eigenvalue weighted by molar-refractivity contribution is 0.243. The van der Waals surface area contributed by atoms with Crippen LogP contribution in [-0.2, 0) is 19.3 Å². The standard InChI is InChI=1S/C30H38N2O3/c1-30(2,31)20-35-26-12-6-21(7-13-26)5-4-16-32-29-19-27(34-3)14-15-28(29)24-9-8-23-18-25(33)11-10-22(23)17-24/h6-7,10-15,18-19,24,32-33H,4-5,8-9,16-17,20,31H2,1-3H3. The molecule has 3 aromatic carbocycles. The van der Waals surface area contributed by atoms with Crippen LogP contribution in [0.25, 0.3) is 0 Å². The van der Waals surface area contributed by atoms with Crippen LogP contribution in [0.1, 0.15) is 54.9 Å². The quantitative estimate of drug-likeness (QED) is 0.322. The second kappa shape index (κ2) is 11.0. The summed E-state index contributed by atoms with van der Waals surface area (Å²) in [4.78, 5) is 0. The normalized spacial score (nSPS) is 15.4. The highest BCUT2D eigenvalue weighted by molar-refractivity contribution is 5.57. The summed E-state index contributed by atoms with van der Waals surface area (Å²) in [6.45, 7) is 5.30. The third-order valence-corrected chi connectivity index (χ3v) is 6.61. The second-order valence-electron chi connectivity index (χ2n) is 10.3. The summed E-state index contributed by atoms with van der Waals surface area (Å²) in [6, 6.07) is 20.5. The molecule has 1 unspecified atom stereocenters. The summed E-state index contributed by atoms with van der Waals surface area (Å²) in [5, 5.41) is 13.5. The molecule has 0 aromatic heterocycles. The van der Waals surface area contributed by atoms with Crippen molar-refractivity contribution >= 4 is 5.69 Å². The first-order valence-electron chi connectivity index (χ1n) is 12.5. The number of benzene rings is 3. The van der Waals surface area contributed by atoms with Gasteiger partial charge in [0.15, 0.2) is 0 Å². The number of methoxy groups -OCH3 is 1. The Morgan fingerprint density at radius 2 is 1.77 bits per heavy atom. The predicted octanol–water partition coefficient (Wildman–Crippen LogP) is 5.83. The Kier molecular flexibility index (Phi) is 7.86. The summed E-state index contributed by atoms with van der Waals surface area (Å²) in [7, 11) is 1.71. The maximum Gasteiger partial charge on any atom is 0.120 e. The molecule has 5 nitrogen and oxygen atoms in total. The van der Waals surface area contributed by atoms with Crippen molar-refractivity contribution in [3.63, 3.8) is 0 Å². The number of hydrogen-bond donors (Lipinski definition) is 3. The summed E-state index contributed by atoms with van der Waals surface area (Å²) >= 11 is 0. The van der Waals surface area contributed by atoms with Crippen molar-refractivity contribution in [2.24, 2.45) is 5.73 Å². The fourth-order valence-corrected chi connectivity index (χ4v) is 4.72. The van der Waals surface area contributed by atoms with E-state index in [0.29, 0.717) is 18.3 Å². The molecule has 0 saturated heterocycles. The average molecular weight is 475 g/mol. The van der Waals surface area contributed by atoms with Crippen LogP contribution in [0.4, 0.5) is 5.69 Å². The lowest BCUT2D eigenvalue weighted by atomic mass is 9.79. The van der Waals surface area contributed by atoms with Crippen LogP contribution >= 0.6 is 0 Å². The van der Waals surface area contributed by atoms with E-state index in [1.54, 1.807) is 13.2 Å². The van der Waals surface area contributed by atoms with Crippen molar-refractivity contribution in [3.8, 4) is 17.2 Å². The van der Waals surface area contributed by atoms with Gasteiger partial charge in [0.05, 0.1) is 7.11 Å². The third kappa shape index (κ3) is 6.92. The molecule has 5 heteroatoms. The number of hydrogen-bond acceptors (Lipinski definition) is 5. The molecule has 1 aliphatic carbocycles. The highest BCUT2D eigenvalue weighted by Crippen LogP contribution is 2.38. The molecule has 4 rings (SSSR count). The van der Waals surface area contributed by atoms with Crippen LogP contribution in [0.5, 0.6) is 17.2 Å². The zero-order chi connectivity index (χ0) is 24.8. The van der Waals surface area contributed by atoms with Crippen LogP contribution in [0.3, 0.4) is 0 Å². The Morgan fingerprint density at radius 3 is 2.51 bits per heavy atom. The van der Waals surface area contributed by atoms with Gasteiger partial charge in [-0.2, -0.15) is 0 Å². The minimum Gasteiger partial charge on any atom is -0.508 e. The Morgan fingerprint density at radius 1 is 1.00 bits per heavy atom. The van der Waals surface area contributed by atoms with Crippen LogP contribution < -0.4 is 20.5 Å². The maximum absolute atomic E-state index is 9.81. The number of nitrogens with one attached hydrogen (secondary N) is 1. The van der Waals surface area contributed by atoms with E-state index < -0.39 is 0 Å². The number of phenolic OH excluding ortho intramolecular Hbond substituents is 1. The first-order chi connectivity index (χ1) is 16.8. The van der Waals surface area contributed by atoms with Gasteiger partial charge in [0, 0.05) is 23.8 Å². The van der Waals surface area contributed by atoms with Crippen LogP contribution in [0.2, 0.25) is 0 Å². The molecule has 35 heavy (non-hydrogen) atoms. The van der Waals surface area contributed by atoms with Crippen molar-refractivity contribution < 1.29 is 14.6 Å². The molecule has 0 bridgehead atoms. The average Bonchev–Trinajstić information content (AvgIpc) is 2.85. The molecular weight excluding hydrogens is 436 g/mol. The Balaban J connectivity index is 1.35. The number of anilines is 1. The summed E-state index contributed by atoms with van der Waals surface area (Å²) in [5.41, 5.74) is 12.1. The molecule has 0 saturated carbocycles. The molecule has 3 aromatic rings. The number of phenols is 1. The number of nitrogens with two attached hydrogens (primary N) is 1. The van der Waals surface area contributed by atoms with E-state index in [9.17, 15) is 5.11 Å². The molecule has 0 spiro atoms. The van der Waals surface area contributed by atoms with Crippen molar-refractivity contribution in [1.29, 1.82) is 0 Å². The van der Waals surface area contributed by atoms with Crippen LogP contribution in [-0.4, -0.2) is 30.9 Å². The predicted molar refractivity (Wildman–Crippen MR) is 143 cm³/mol. The number of aryl methyl sites for hydroxylation is 2. The second-order valence-corrected chi connectivity index (χ2v) is 10.3. The van der Waals surface area contributed by atoms with Crippen molar-refractivity contribution in [1.82, 2.24) is 0 Å². The smallest absolute Gasteiger partial charge is 0.120 e. The van der Waals surface area contributed by atoms with Crippen molar-refractivity contribution in [2.75, 3.05) is 25.6 Å². The van der Waals surface area contributed by atoms with E-state index in [1.165, 1.54) is 22.3 Å². The number of fused-ring (bicyclic) bond motifs is 1. The first kappa shape index (κ1) is 24.9. The number of ether oxygens (including phenoxy) is 2. The molecule has 0 heterocycles. The van der Waals surface area contributed by atoms with Gasteiger partial charge in [0.2, 0.25) is 0 Å². The van der Waals surface area contributed by atoms with Crippen LogP contribution in [0, 0.1) is 0 Å².